The van der Waals surface area contributed by atoms with Gasteiger partial charge in [0.25, 0.3) is 0 Å². The Labute approximate surface area is 174 Å². The molecule has 1 aromatic carbocycles. The molecule has 2 heterocycles. The van der Waals surface area contributed by atoms with Crippen molar-refractivity contribution in [2.75, 3.05) is 16.8 Å². The summed E-state index contributed by atoms with van der Waals surface area (Å²) in [5.74, 6) is -0.771. The fourth-order valence-corrected chi connectivity index (χ4v) is 5.22. The highest BCUT2D eigenvalue weighted by Crippen LogP contribution is 2.38. The predicted octanol–water partition coefficient (Wildman–Crippen LogP) is 3.73. The van der Waals surface area contributed by atoms with Gasteiger partial charge in [-0.05, 0) is 43.4 Å². The average molecular weight is 432 g/mol. The van der Waals surface area contributed by atoms with Gasteiger partial charge < -0.3 is 11.1 Å². The lowest BCUT2D eigenvalue weighted by atomic mass is 9.97. The van der Waals surface area contributed by atoms with E-state index in [9.17, 15) is 14.0 Å². The smallest absolute Gasteiger partial charge is 0.325 e. The van der Waals surface area contributed by atoms with Crippen LogP contribution in [0.2, 0.25) is 0 Å². The molecule has 1 aliphatic carbocycles. The number of carbonyl (C=O) groups is 2. The summed E-state index contributed by atoms with van der Waals surface area (Å²) in [6.45, 7) is 0. The topological polar surface area (TPSA) is 110 Å². The third kappa shape index (κ3) is 4.33. The number of nitrogen functional groups attached to an aromatic ring is 1. The molecule has 10 heteroatoms. The number of urea groups is 1. The molecule has 0 saturated carbocycles. The molecule has 3 amide bonds. The molecule has 3 aromatic rings. The number of aryl methyl sites for hydroxylation is 2. The number of fused-ring (bicyclic) bond motifs is 3. The van der Waals surface area contributed by atoms with Crippen molar-refractivity contribution in [2.45, 2.75) is 30.8 Å². The van der Waals surface area contributed by atoms with Crippen molar-refractivity contribution in [3.05, 3.63) is 40.5 Å². The van der Waals surface area contributed by atoms with Gasteiger partial charge in [0, 0.05) is 4.88 Å². The number of hydrogen-bond donors (Lipinski definition) is 3. The van der Waals surface area contributed by atoms with E-state index in [2.05, 4.69) is 20.6 Å². The van der Waals surface area contributed by atoms with Crippen LogP contribution >= 0.6 is 23.1 Å². The van der Waals surface area contributed by atoms with E-state index < -0.39 is 17.8 Å². The molecule has 2 aromatic heterocycles. The fraction of sp³-hybridized carbons (Fsp3) is 0.263. The molecular formula is C19H18FN5O2S2. The van der Waals surface area contributed by atoms with E-state index in [1.165, 1.54) is 35.1 Å². The van der Waals surface area contributed by atoms with Gasteiger partial charge in [-0.25, -0.2) is 19.2 Å². The molecule has 150 valence electrons. The molecule has 0 unspecified atom stereocenters. The zero-order valence-electron chi connectivity index (χ0n) is 15.3. The SMILES string of the molecule is Nc1nc(SCC(=O)NC(=O)Nc2ccccc2F)nc2sc3c(c12)CCCC3. The van der Waals surface area contributed by atoms with Crippen LogP contribution in [0.15, 0.2) is 29.4 Å². The first-order valence-electron chi connectivity index (χ1n) is 9.07. The first kappa shape index (κ1) is 19.6. The lowest BCUT2D eigenvalue weighted by Crippen LogP contribution is -2.35. The fourth-order valence-electron chi connectivity index (χ4n) is 3.24. The zero-order chi connectivity index (χ0) is 20.4. The summed E-state index contributed by atoms with van der Waals surface area (Å²) < 4.78 is 13.5. The quantitative estimate of drug-likeness (QED) is 0.429. The molecular weight excluding hydrogens is 413 g/mol. The van der Waals surface area contributed by atoms with E-state index in [0.29, 0.717) is 11.0 Å². The third-order valence-corrected chi connectivity index (χ3v) is 6.56. The number of para-hydroxylation sites is 1. The van der Waals surface area contributed by atoms with Gasteiger partial charge in [-0.3, -0.25) is 10.1 Å². The van der Waals surface area contributed by atoms with E-state index in [1.54, 1.807) is 17.4 Å². The van der Waals surface area contributed by atoms with E-state index >= 15 is 0 Å². The Balaban J connectivity index is 1.38. The summed E-state index contributed by atoms with van der Waals surface area (Å²) in [4.78, 5) is 34.9. The lowest BCUT2D eigenvalue weighted by molar-refractivity contribution is -0.117. The highest BCUT2D eigenvalue weighted by atomic mass is 32.2. The van der Waals surface area contributed by atoms with Crippen LogP contribution < -0.4 is 16.4 Å². The third-order valence-electron chi connectivity index (χ3n) is 4.53. The second-order valence-electron chi connectivity index (χ2n) is 6.55. The minimum absolute atomic E-state index is 0.00586. The summed E-state index contributed by atoms with van der Waals surface area (Å²) in [7, 11) is 0. The number of halogens is 1. The number of thiophene rings is 1. The number of benzene rings is 1. The minimum Gasteiger partial charge on any atom is -0.383 e. The second-order valence-corrected chi connectivity index (χ2v) is 8.58. The number of anilines is 2. The highest BCUT2D eigenvalue weighted by Gasteiger charge is 2.20. The van der Waals surface area contributed by atoms with Crippen LogP contribution in [0.4, 0.5) is 20.7 Å². The number of nitrogens with two attached hydrogens (primary N) is 1. The second kappa shape index (κ2) is 8.34. The maximum atomic E-state index is 13.5. The molecule has 0 bridgehead atoms. The van der Waals surface area contributed by atoms with Gasteiger partial charge >= 0.3 is 6.03 Å². The Kier molecular flexibility index (Phi) is 5.63. The molecule has 0 spiro atoms. The number of imide groups is 1. The standard InChI is InChI=1S/C19H18FN5O2S2/c20-11-6-2-3-7-12(11)22-18(27)23-14(26)9-28-19-24-16(21)15-10-5-1-4-8-13(10)29-17(15)25-19/h2-3,6-7H,1,4-5,8-9H2,(H2,21,24,25)(H2,22,23,26,27). The lowest BCUT2D eigenvalue weighted by Gasteiger charge is -2.10. The van der Waals surface area contributed by atoms with Gasteiger partial charge in [0.1, 0.15) is 16.5 Å². The van der Waals surface area contributed by atoms with Gasteiger partial charge in [0.05, 0.1) is 16.8 Å². The predicted molar refractivity (Wildman–Crippen MR) is 113 cm³/mol. The summed E-state index contributed by atoms with van der Waals surface area (Å²) in [6.07, 6.45) is 4.35. The number of nitrogens with one attached hydrogen (secondary N) is 2. The Bertz CT molecular complexity index is 1100. The van der Waals surface area contributed by atoms with Gasteiger partial charge in [-0.1, -0.05) is 23.9 Å². The summed E-state index contributed by atoms with van der Waals surface area (Å²) in [6, 6.07) is 4.90. The number of thioether (sulfide) groups is 1. The molecule has 0 fully saturated rings. The number of hydrogen-bond acceptors (Lipinski definition) is 7. The van der Waals surface area contributed by atoms with Crippen LogP contribution in [0, 0.1) is 5.82 Å². The number of aromatic nitrogens is 2. The van der Waals surface area contributed by atoms with Crippen LogP contribution in [-0.2, 0) is 17.6 Å². The summed E-state index contributed by atoms with van der Waals surface area (Å²) >= 11 is 2.72. The minimum atomic E-state index is -0.803. The molecule has 0 saturated heterocycles. The van der Waals surface area contributed by atoms with Crippen molar-refractivity contribution >= 4 is 56.8 Å². The van der Waals surface area contributed by atoms with Crippen molar-refractivity contribution < 1.29 is 14.0 Å². The molecule has 4 rings (SSSR count). The van der Waals surface area contributed by atoms with Crippen molar-refractivity contribution in [1.29, 1.82) is 0 Å². The number of amides is 3. The van der Waals surface area contributed by atoms with Gasteiger partial charge in [-0.2, -0.15) is 0 Å². The molecule has 4 N–H and O–H groups in total. The van der Waals surface area contributed by atoms with Crippen LogP contribution in [0.3, 0.4) is 0 Å². The van der Waals surface area contributed by atoms with Crippen LogP contribution in [0.1, 0.15) is 23.3 Å². The van der Waals surface area contributed by atoms with Gasteiger partial charge in [0.2, 0.25) is 5.91 Å². The maximum Gasteiger partial charge on any atom is 0.325 e. The normalized spacial score (nSPS) is 13.1. The first-order valence-corrected chi connectivity index (χ1v) is 10.9. The summed E-state index contributed by atoms with van der Waals surface area (Å²) in [5, 5.41) is 5.77. The van der Waals surface area contributed by atoms with Crippen molar-refractivity contribution in [3.8, 4) is 0 Å². The first-order chi connectivity index (χ1) is 14.0. The molecule has 1 aliphatic rings. The number of carbonyl (C=O) groups excluding carboxylic acids is 2. The van der Waals surface area contributed by atoms with Crippen LogP contribution in [0.25, 0.3) is 10.2 Å². The van der Waals surface area contributed by atoms with Crippen molar-refractivity contribution in [1.82, 2.24) is 15.3 Å². The Morgan fingerprint density at radius 2 is 2.00 bits per heavy atom. The molecule has 7 nitrogen and oxygen atoms in total. The van der Waals surface area contributed by atoms with Crippen molar-refractivity contribution in [2.24, 2.45) is 0 Å². The Hall–Kier alpha value is -2.72. The molecule has 0 radical (unpaired) electrons. The monoisotopic (exact) mass is 431 g/mol. The van der Waals surface area contributed by atoms with Gasteiger partial charge in [-0.15, -0.1) is 11.3 Å². The average Bonchev–Trinajstić information content (AvgIpc) is 3.07. The number of rotatable bonds is 4. The highest BCUT2D eigenvalue weighted by molar-refractivity contribution is 7.99. The molecule has 29 heavy (non-hydrogen) atoms. The van der Waals surface area contributed by atoms with Crippen LogP contribution in [-0.4, -0.2) is 27.7 Å². The van der Waals surface area contributed by atoms with E-state index in [0.717, 1.165) is 41.2 Å². The maximum absolute atomic E-state index is 13.5. The summed E-state index contributed by atoms with van der Waals surface area (Å²) in [5.41, 5.74) is 7.41. The Morgan fingerprint density at radius 1 is 1.21 bits per heavy atom. The van der Waals surface area contributed by atoms with E-state index in [4.69, 9.17) is 5.73 Å². The van der Waals surface area contributed by atoms with Crippen LogP contribution in [0.5, 0.6) is 0 Å². The number of nitrogens with zero attached hydrogens (tertiary/aromatic N) is 2. The Morgan fingerprint density at radius 3 is 2.83 bits per heavy atom. The van der Waals surface area contributed by atoms with Gasteiger partial charge in [0.15, 0.2) is 5.16 Å². The molecule has 0 atom stereocenters. The molecule has 0 aliphatic heterocycles. The van der Waals surface area contributed by atoms with Crippen molar-refractivity contribution in [3.63, 3.8) is 0 Å². The largest absolute Gasteiger partial charge is 0.383 e. The van der Waals surface area contributed by atoms with E-state index in [-0.39, 0.29) is 11.4 Å². The van der Waals surface area contributed by atoms with E-state index in [1.807, 2.05) is 0 Å². The zero-order valence-corrected chi connectivity index (χ0v) is 17.0.